The molecule has 0 aliphatic rings. The van der Waals surface area contributed by atoms with Gasteiger partial charge in [-0.25, -0.2) is 0 Å². The van der Waals surface area contributed by atoms with Crippen LogP contribution in [0.15, 0.2) is 42.5 Å². The molecule has 0 bridgehead atoms. The first-order valence-corrected chi connectivity index (χ1v) is 10.9. The molecule has 0 amide bonds. The Balaban J connectivity index is 1.81. The van der Waals surface area contributed by atoms with Crippen LogP contribution >= 0.6 is 0 Å². The van der Waals surface area contributed by atoms with Gasteiger partial charge in [-0.05, 0) is 69.6 Å². The molecule has 0 atom stereocenters. The second-order valence-corrected chi connectivity index (χ2v) is 7.44. The van der Waals surface area contributed by atoms with E-state index in [-0.39, 0.29) is 0 Å². The van der Waals surface area contributed by atoms with Crippen molar-refractivity contribution in [3.05, 3.63) is 42.5 Å². The SMILES string of the molecule is CCCCN(CCCC)CCCCOc1ccccc1Oc1ccc(N)c(N)c1. The minimum Gasteiger partial charge on any atom is -0.490 e. The molecular formula is C24H37N3O2. The average molecular weight is 400 g/mol. The van der Waals surface area contributed by atoms with Crippen LogP contribution in [-0.2, 0) is 0 Å². The highest BCUT2D eigenvalue weighted by atomic mass is 16.5. The van der Waals surface area contributed by atoms with E-state index in [9.17, 15) is 0 Å². The van der Waals surface area contributed by atoms with Gasteiger partial charge in [0.2, 0.25) is 0 Å². The Kier molecular flexibility index (Phi) is 10.2. The van der Waals surface area contributed by atoms with Gasteiger partial charge in [-0.2, -0.15) is 0 Å². The fourth-order valence-corrected chi connectivity index (χ4v) is 3.12. The van der Waals surface area contributed by atoms with Gasteiger partial charge in [0, 0.05) is 6.07 Å². The van der Waals surface area contributed by atoms with Crippen molar-refractivity contribution in [2.24, 2.45) is 0 Å². The third-order valence-corrected chi connectivity index (χ3v) is 4.92. The molecule has 2 rings (SSSR count). The van der Waals surface area contributed by atoms with Crippen LogP contribution < -0.4 is 20.9 Å². The molecule has 0 unspecified atom stereocenters. The van der Waals surface area contributed by atoms with Crippen molar-refractivity contribution in [2.45, 2.75) is 52.4 Å². The van der Waals surface area contributed by atoms with Gasteiger partial charge in [-0.1, -0.05) is 38.8 Å². The lowest BCUT2D eigenvalue weighted by molar-refractivity contribution is 0.241. The maximum atomic E-state index is 6.01. The van der Waals surface area contributed by atoms with Gasteiger partial charge >= 0.3 is 0 Å². The average Bonchev–Trinajstić information content (AvgIpc) is 2.73. The van der Waals surface area contributed by atoms with Gasteiger partial charge in [0.1, 0.15) is 5.75 Å². The van der Waals surface area contributed by atoms with Crippen LogP contribution in [-0.4, -0.2) is 31.1 Å². The number of anilines is 2. The maximum Gasteiger partial charge on any atom is 0.169 e. The fraction of sp³-hybridized carbons (Fsp3) is 0.500. The van der Waals surface area contributed by atoms with E-state index in [0.717, 1.165) is 25.1 Å². The first kappa shape index (κ1) is 22.9. The first-order valence-electron chi connectivity index (χ1n) is 10.9. The van der Waals surface area contributed by atoms with E-state index < -0.39 is 0 Å². The van der Waals surface area contributed by atoms with Gasteiger partial charge in [-0.3, -0.25) is 0 Å². The second kappa shape index (κ2) is 12.9. The molecule has 0 saturated carbocycles. The second-order valence-electron chi connectivity index (χ2n) is 7.44. The van der Waals surface area contributed by atoms with Gasteiger partial charge in [-0.15, -0.1) is 0 Å². The summed E-state index contributed by atoms with van der Waals surface area (Å²) in [4.78, 5) is 2.59. The predicted molar refractivity (Wildman–Crippen MR) is 123 cm³/mol. The molecule has 4 N–H and O–H groups in total. The minimum atomic E-state index is 0.511. The number of nitrogens with two attached hydrogens (primary N) is 2. The summed E-state index contributed by atoms with van der Waals surface area (Å²) in [5, 5.41) is 0. The Hall–Kier alpha value is -2.40. The van der Waals surface area contributed by atoms with Crippen molar-refractivity contribution >= 4 is 11.4 Å². The van der Waals surface area contributed by atoms with Crippen LogP contribution in [0.5, 0.6) is 17.2 Å². The lowest BCUT2D eigenvalue weighted by Crippen LogP contribution is -2.27. The number of unbranched alkanes of at least 4 members (excludes halogenated alkanes) is 3. The van der Waals surface area contributed by atoms with Crippen LogP contribution in [0.25, 0.3) is 0 Å². The summed E-state index contributed by atoms with van der Waals surface area (Å²) in [5.74, 6) is 2.08. The Bertz CT molecular complexity index is 713. The lowest BCUT2D eigenvalue weighted by atomic mass is 10.2. The smallest absolute Gasteiger partial charge is 0.169 e. The topological polar surface area (TPSA) is 73.7 Å². The minimum absolute atomic E-state index is 0.511. The Labute approximate surface area is 176 Å². The van der Waals surface area contributed by atoms with Gasteiger partial charge in [0.25, 0.3) is 0 Å². The highest BCUT2D eigenvalue weighted by Crippen LogP contribution is 2.33. The number of para-hydroxylation sites is 2. The van der Waals surface area contributed by atoms with Gasteiger partial charge in [0.15, 0.2) is 11.5 Å². The summed E-state index contributed by atoms with van der Waals surface area (Å²) in [6, 6.07) is 13.0. The number of benzene rings is 2. The molecule has 29 heavy (non-hydrogen) atoms. The zero-order valence-corrected chi connectivity index (χ0v) is 18.0. The molecule has 0 heterocycles. The predicted octanol–water partition coefficient (Wildman–Crippen LogP) is 5.70. The third kappa shape index (κ3) is 8.24. The van der Waals surface area contributed by atoms with Gasteiger partial charge in [0.05, 0.1) is 18.0 Å². The fourth-order valence-electron chi connectivity index (χ4n) is 3.12. The number of nitrogen functional groups attached to an aromatic ring is 2. The standard InChI is InChI=1S/C24H37N3O2/c1-3-5-15-27(16-6-4-2)17-9-10-18-28-23-11-7-8-12-24(23)29-20-13-14-21(25)22(26)19-20/h7-8,11-14,19H,3-6,9-10,15-18,25-26H2,1-2H3. The molecule has 5 nitrogen and oxygen atoms in total. The quantitative estimate of drug-likeness (QED) is 0.315. The zero-order chi connectivity index (χ0) is 20.9. The molecule has 0 fully saturated rings. The van der Waals surface area contributed by atoms with Gasteiger partial charge < -0.3 is 25.8 Å². The van der Waals surface area contributed by atoms with Crippen LogP contribution in [0.2, 0.25) is 0 Å². The van der Waals surface area contributed by atoms with Crippen molar-refractivity contribution in [3.63, 3.8) is 0 Å². The van der Waals surface area contributed by atoms with E-state index in [1.807, 2.05) is 30.3 Å². The summed E-state index contributed by atoms with van der Waals surface area (Å²) < 4.78 is 12.0. The Morgan fingerprint density at radius 1 is 0.759 bits per heavy atom. The molecule has 0 aliphatic carbocycles. The molecule has 2 aromatic carbocycles. The summed E-state index contributed by atoms with van der Waals surface area (Å²) in [6.45, 7) is 8.75. The summed E-state index contributed by atoms with van der Waals surface area (Å²) in [6.07, 6.45) is 7.23. The molecule has 0 aliphatic heterocycles. The van der Waals surface area contributed by atoms with E-state index in [1.165, 1.54) is 38.8 Å². The summed E-state index contributed by atoms with van der Waals surface area (Å²) >= 11 is 0. The molecular weight excluding hydrogens is 362 g/mol. The van der Waals surface area contributed by atoms with Crippen LogP contribution in [0.4, 0.5) is 11.4 Å². The summed E-state index contributed by atoms with van der Waals surface area (Å²) in [5.41, 5.74) is 12.7. The van der Waals surface area contributed by atoms with E-state index in [4.69, 9.17) is 20.9 Å². The van der Waals surface area contributed by atoms with Crippen molar-refractivity contribution in [1.82, 2.24) is 4.90 Å². The highest BCUT2D eigenvalue weighted by molar-refractivity contribution is 5.65. The number of nitrogens with zero attached hydrogens (tertiary/aromatic N) is 1. The molecule has 2 aromatic rings. The van der Waals surface area contributed by atoms with Crippen molar-refractivity contribution in [3.8, 4) is 17.2 Å². The lowest BCUT2D eigenvalue weighted by Gasteiger charge is -2.21. The molecule has 0 spiro atoms. The maximum absolute atomic E-state index is 6.01. The Morgan fingerprint density at radius 2 is 1.41 bits per heavy atom. The third-order valence-electron chi connectivity index (χ3n) is 4.92. The van der Waals surface area contributed by atoms with Crippen molar-refractivity contribution in [1.29, 1.82) is 0 Å². The molecule has 0 radical (unpaired) electrons. The molecule has 160 valence electrons. The highest BCUT2D eigenvalue weighted by Gasteiger charge is 2.08. The monoisotopic (exact) mass is 399 g/mol. The van der Waals surface area contributed by atoms with Crippen LogP contribution in [0, 0.1) is 0 Å². The first-order chi connectivity index (χ1) is 14.1. The van der Waals surface area contributed by atoms with Crippen LogP contribution in [0.1, 0.15) is 52.4 Å². The zero-order valence-electron chi connectivity index (χ0n) is 18.0. The molecule has 5 heteroatoms. The Morgan fingerprint density at radius 3 is 2.07 bits per heavy atom. The largest absolute Gasteiger partial charge is 0.490 e. The van der Waals surface area contributed by atoms with Crippen molar-refractivity contribution < 1.29 is 9.47 Å². The number of hydrogen-bond donors (Lipinski definition) is 2. The van der Waals surface area contributed by atoms with Crippen LogP contribution in [0.3, 0.4) is 0 Å². The number of hydrogen-bond acceptors (Lipinski definition) is 5. The number of ether oxygens (including phenoxy) is 2. The van der Waals surface area contributed by atoms with E-state index in [1.54, 1.807) is 12.1 Å². The van der Waals surface area contributed by atoms with E-state index >= 15 is 0 Å². The molecule has 0 aromatic heterocycles. The summed E-state index contributed by atoms with van der Waals surface area (Å²) in [7, 11) is 0. The number of rotatable bonds is 14. The van der Waals surface area contributed by atoms with E-state index in [0.29, 0.717) is 29.5 Å². The van der Waals surface area contributed by atoms with E-state index in [2.05, 4.69) is 18.7 Å². The normalized spacial score (nSPS) is 11.0. The molecule has 0 saturated heterocycles. The van der Waals surface area contributed by atoms with Crippen molar-refractivity contribution in [2.75, 3.05) is 37.7 Å².